The molecule has 0 aliphatic carbocycles. The molecule has 1 aromatic rings. The van der Waals surface area contributed by atoms with E-state index in [4.69, 9.17) is 10.8 Å². The summed E-state index contributed by atoms with van der Waals surface area (Å²) in [7, 11) is 0. The molecule has 1 aromatic heterocycles. The standard InChI is InChI=1S/C10H14N4O4/c1-6(4-9(15)16)5-12-8-3-2-7(14(17)18)10(11)13-8/h2-3,6H,4-5H2,1H3,(H,15,16)(H3,11,12,13). The number of aromatic nitrogens is 1. The van der Waals surface area contributed by atoms with Gasteiger partial charge < -0.3 is 16.2 Å². The molecular weight excluding hydrogens is 240 g/mol. The van der Waals surface area contributed by atoms with Crippen LogP contribution in [0.5, 0.6) is 0 Å². The van der Waals surface area contributed by atoms with E-state index in [-0.39, 0.29) is 23.8 Å². The summed E-state index contributed by atoms with van der Waals surface area (Å²) in [4.78, 5) is 24.2. The van der Waals surface area contributed by atoms with Crippen LogP contribution in [0.2, 0.25) is 0 Å². The SMILES string of the molecule is CC(CNc1ccc([N+](=O)[O-])c(N)n1)CC(=O)O. The highest BCUT2D eigenvalue weighted by Crippen LogP contribution is 2.20. The molecule has 0 aliphatic rings. The number of aliphatic carboxylic acids is 1. The van der Waals surface area contributed by atoms with E-state index in [9.17, 15) is 14.9 Å². The lowest BCUT2D eigenvalue weighted by Crippen LogP contribution is -2.15. The average molecular weight is 254 g/mol. The zero-order valence-electron chi connectivity index (χ0n) is 9.79. The number of nitrogens with two attached hydrogens (primary N) is 1. The molecule has 8 heteroatoms. The molecule has 1 rings (SSSR count). The molecule has 0 spiro atoms. The van der Waals surface area contributed by atoms with Gasteiger partial charge in [0, 0.05) is 19.0 Å². The Balaban J connectivity index is 2.61. The van der Waals surface area contributed by atoms with Crippen molar-refractivity contribution in [3.63, 3.8) is 0 Å². The highest BCUT2D eigenvalue weighted by atomic mass is 16.6. The molecule has 0 saturated heterocycles. The lowest BCUT2D eigenvalue weighted by atomic mass is 10.1. The summed E-state index contributed by atoms with van der Waals surface area (Å²) in [5, 5.41) is 22.0. The van der Waals surface area contributed by atoms with Crippen molar-refractivity contribution in [2.45, 2.75) is 13.3 Å². The molecule has 0 aromatic carbocycles. The maximum atomic E-state index is 10.5. The Morgan fingerprint density at radius 3 is 2.83 bits per heavy atom. The van der Waals surface area contributed by atoms with E-state index in [2.05, 4.69) is 10.3 Å². The van der Waals surface area contributed by atoms with E-state index in [0.29, 0.717) is 12.4 Å². The van der Waals surface area contributed by atoms with Crippen molar-refractivity contribution in [1.29, 1.82) is 0 Å². The van der Waals surface area contributed by atoms with E-state index in [1.807, 2.05) is 0 Å². The zero-order valence-corrected chi connectivity index (χ0v) is 9.79. The van der Waals surface area contributed by atoms with Gasteiger partial charge in [-0.25, -0.2) is 4.98 Å². The van der Waals surface area contributed by atoms with Gasteiger partial charge in [-0.2, -0.15) is 0 Å². The zero-order chi connectivity index (χ0) is 13.7. The van der Waals surface area contributed by atoms with Gasteiger partial charge in [0.1, 0.15) is 5.82 Å². The van der Waals surface area contributed by atoms with Crippen molar-refractivity contribution in [3.8, 4) is 0 Å². The smallest absolute Gasteiger partial charge is 0.311 e. The number of nitrogens with one attached hydrogen (secondary N) is 1. The van der Waals surface area contributed by atoms with Crippen molar-refractivity contribution in [2.24, 2.45) is 5.92 Å². The molecule has 0 bridgehead atoms. The second-order valence-electron chi connectivity index (χ2n) is 3.94. The minimum atomic E-state index is -0.875. The summed E-state index contributed by atoms with van der Waals surface area (Å²) < 4.78 is 0. The van der Waals surface area contributed by atoms with E-state index >= 15 is 0 Å². The van der Waals surface area contributed by atoms with Crippen molar-refractivity contribution >= 4 is 23.3 Å². The minimum absolute atomic E-state index is 0.0372. The van der Waals surface area contributed by atoms with Gasteiger partial charge in [-0.3, -0.25) is 14.9 Å². The van der Waals surface area contributed by atoms with Gasteiger partial charge in [0.05, 0.1) is 4.92 Å². The van der Waals surface area contributed by atoms with E-state index < -0.39 is 10.9 Å². The third-order valence-electron chi connectivity index (χ3n) is 2.25. The van der Waals surface area contributed by atoms with Gasteiger partial charge in [-0.1, -0.05) is 6.92 Å². The molecule has 8 nitrogen and oxygen atoms in total. The average Bonchev–Trinajstić information content (AvgIpc) is 2.25. The quantitative estimate of drug-likeness (QED) is 0.511. The van der Waals surface area contributed by atoms with Crippen LogP contribution in [-0.2, 0) is 4.79 Å². The Labute approximate surface area is 103 Å². The number of anilines is 2. The number of nitro groups is 1. The van der Waals surface area contributed by atoms with Crippen molar-refractivity contribution in [1.82, 2.24) is 4.98 Å². The summed E-state index contributed by atoms with van der Waals surface area (Å²) in [6, 6.07) is 2.69. The highest BCUT2D eigenvalue weighted by Gasteiger charge is 2.13. The lowest BCUT2D eigenvalue weighted by molar-refractivity contribution is -0.384. The summed E-state index contributed by atoms with van der Waals surface area (Å²) in [5.41, 5.74) is 5.17. The number of rotatable bonds is 6. The molecule has 0 aliphatic heterocycles. The second kappa shape index (κ2) is 5.80. The molecular formula is C10H14N4O4. The van der Waals surface area contributed by atoms with Crippen LogP contribution < -0.4 is 11.1 Å². The summed E-state index contributed by atoms with van der Waals surface area (Å²) in [5.74, 6) is -0.743. The van der Waals surface area contributed by atoms with Crippen LogP contribution >= 0.6 is 0 Å². The normalized spacial score (nSPS) is 11.8. The Kier molecular flexibility index (Phi) is 4.41. The summed E-state index contributed by atoms with van der Waals surface area (Å²) in [6.07, 6.45) is 0.0372. The minimum Gasteiger partial charge on any atom is -0.481 e. The van der Waals surface area contributed by atoms with Gasteiger partial charge in [0.2, 0.25) is 5.82 Å². The molecule has 0 radical (unpaired) electrons. The van der Waals surface area contributed by atoms with Gasteiger partial charge >= 0.3 is 11.7 Å². The Bertz CT molecular complexity index is 463. The lowest BCUT2D eigenvalue weighted by Gasteiger charge is -2.10. The predicted octanol–water partition coefficient (Wildman–Crippen LogP) is 1.09. The number of hydrogen-bond donors (Lipinski definition) is 3. The summed E-state index contributed by atoms with van der Waals surface area (Å²) in [6.45, 7) is 2.17. The first-order chi connectivity index (χ1) is 8.40. The third kappa shape index (κ3) is 3.89. The molecule has 1 unspecified atom stereocenters. The molecule has 0 amide bonds. The topological polar surface area (TPSA) is 131 Å². The largest absolute Gasteiger partial charge is 0.481 e. The Morgan fingerprint density at radius 1 is 1.67 bits per heavy atom. The second-order valence-corrected chi connectivity index (χ2v) is 3.94. The van der Waals surface area contributed by atoms with Crippen LogP contribution in [0.1, 0.15) is 13.3 Å². The number of pyridine rings is 1. The first kappa shape index (κ1) is 13.7. The molecule has 0 fully saturated rings. The van der Waals surface area contributed by atoms with Crippen LogP contribution in [0.3, 0.4) is 0 Å². The van der Waals surface area contributed by atoms with Gasteiger partial charge in [-0.05, 0) is 12.0 Å². The van der Waals surface area contributed by atoms with Gasteiger partial charge in [0.15, 0.2) is 0 Å². The van der Waals surface area contributed by atoms with E-state index in [1.165, 1.54) is 12.1 Å². The van der Waals surface area contributed by atoms with E-state index in [0.717, 1.165) is 0 Å². The van der Waals surface area contributed by atoms with Crippen LogP contribution in [0, 0.1) is 16.0 Å². The first-order valence-corrected chi connectivity index (χ1v) is 5.26. The van der Waals surface area contributed by atoms with Crippen LogP contribution in [-0.4, -0.2) is 27.5 Å². The van der Waals surface area contributed by atoms with Crippen LogP contribution in [0.15, 0.2) is 12.1 Å². The van der Waals surface area contributed by atoms with E-state index in [1.54, 1.807) is 6.92 Å². The third-order valence-corrected chi connectivity index (χ3v) is 2.25. The highest BCUT2D eigenvalue weighted by molar-refractivity contribution is 5.67. The number of nitrogens with zero attached hydrogens (tertiary/aromatic N) is 2. The van der Waals surface area contributed by atoms with Crippen LogP contribution in [0.4, 0.5) is 17.3 Å². The number of carboxylic acids is 1. The Hall–Kier alpha value is -2.38. The van der Waals surface area contributed by atoms with Gasteiger partial charge in [-0.15, -0.1) is 0 Å². The number of hydrogen-bond acceptors (Lipinski definition) is 6. The predicted molar refractivity (Wildman–Crippen MR) is 65.2 cm³/mol. The molecule has 0 saturated carbocycles. The van der Waals surface area contributed by atoms with Crippen molar-refractivity contribution in [3.05, 3.63) is 22.2 Å². The fourth-order valence-corrected chi connectivity index (χ4v) is 1.37. The molecule has 1 atom stereocenters. The number of carbonyl (C=O) groups is 1. The maximum absolute atomic E-state index is 10.5. The molecule has 98 valence electrons. The number of carboxylic acid groups (broad SMARTS) is 1. The van der Waals surface area contributed by atoms with Crippen molar-refractivity contribution in [2.75, 3.05) is 17.6 Å². The fraction of sp³-hybridized carbons (Fsp3) is 0.400. The number of nitrogen functional groups attached to an aromatic ring is 1. The maximum Gasteiger partial charge on any atom is 0.311 e. The summed E-state index contributed by atoms with van der Waals surface area (Å²) >= 11 is 0. The van der Waals surface area contributed by atoms with Crippen LogP contribution in [0.25, 0.3) is 0 Å². The molecule has 18 heavy (non-hydrogen) atoms. The Morgan fingerprint density at radius 2 is 2.33 bits per heavy atom. The molecule has 1 heterocycles. The fourth-order valence-electron chi connectivity index (χ4n) is 1.37. The van der Waals surface area contributed by atoms with Gasteiger partial charge in [0.25, 0.3) is 0 Å². The molecule has 4 N–H and O–H groups in total. The monoisotopic (exact) mass is 254 g/mol. The first-order valence-electron chi connectivity index (χ1n) is 5.26. The van der Waals surface area contributed by atoms with Crippen molar-refractivity contribution < 1.29 is 14.8 Å².